The number of hydrogen-bond acceptors (Lipinski definition) is 3. The molecule has 0 amide bonds. The third-order valence-corrected chi connectivity index (χ3v) is 2.25. The molecule has 0 radical (unpaired) electrons. The second kappa shape index (κ2) is 3.66. The van der Waals surface area contributed by atoms with Crippen LogP contribution in [0.1, 0.15) is 0 Å². The number of nitrogens with one attached hydrogen (secondary N) is 1. The van der Waals surface area contributed by atoms with Gasteiger partial charge in [0.05, 0.1) is 0 Å². The molecule has 2 aromatic heterocycles. The van der Waals surface area contributed by atoms with Gasteiger partial charge in [-0.1, -0.05) is 18.2 Å². The number of aromatic amines is 1. The first-order chi connectivity index (χ1) is 7.92. The van der Waals surface area contributed by atoms with Crippen molar-refractivity contribution in [3.63, 3.8) is 0 Å². The highest BCUT2D eigenvalue weighted by atomic mass is 16.5. The Balaban J connectivity index is 1.95. The lowest BCUT2D eigenvalue weighted by molar-refractivity contribution is 0.429. The fourth-order valence-corrected chi connectivity index (χ4v) is 1.54. The molecule has 0 spiro atoms. The van der Waals surface area contributed by atoms with E-state index in [-0.39, 0.29) is 0 Å². The predicted molar refractivity (Wildman–Crippen MR) is 60.4 cm³/mol. The lowest BCUT2D eigenvalue weighted by atomic mass is 10.3. The Labute approximate surface area is 91.9 Å². The van der Waals surface area contributed by atoms with E-state index in [1.165, 1.54) is 0 Å². The summed E-state index contributed by atoms with van der Waals surface area (Å²) in [5, 5.41) is 1.11. The molecule has 0 atom stereocenters. The van der Waals surface area contributed by atoms with Crippen LogP contribution in [-0.2, 0) is 0 Å². The molecular weight excluding hydrogens is 202 g/mol. The first kappa shape index (κ1) is 8.91. The van der Waals surface area contributed by atoms with Crippen molar-refractivity contribution in [3.05, 3.63) is 48.8 Å². The highest BCUT2D eigenvalue weighted by Gasteiger charge is 2.02. The topological polar surface area (TPSA) is 50.8 Å². The highest BCUT2D eigenvalue weighted by molar-refractivity contribution is 5.81. The van der Waals surface area contributed by atoms with Gasteiger partial charge in [0.2, 0.25) is 5.88 Å². The van der Waals surface area contributed by atoms with Crippen LogP contribution in [0, 0.1) is 0 Å². The molecule has 78 valence electrons. The Kier molecular flexibility index (Phi) is 2.04. The molecule has 4 nitrogen and oxygen atoms in total. The number of hydrogen-bond donors (Lipinski definition) is 1. The SMILES string of the molecule is c1cnc(Oc2cc3ccccc3[nH]2)nc1. The smallest absolute Gasteiger partial charge is 0.323 e. The summed E-state index contributed by atoms with van der Waals surface area (Å²) in [6, 6.07) is 12.0. The molecule has 0 aliphatic carbocycles. The Hall–Kier alpha value is -2.36. The minimum atomic E-state index is 0.342. The molecule has 0 aliphatic rings. The van der Waals surface area contributed by atoms with Gasteiger partial charge in [-0.25, -0.2) is 9.97 Å². The molecular formula is C12H9N3O. The second-order valence-corrected chi connectivity index (χ2v) is 3.35. The van der Waals surface area contributed by atoms with Crippen LogP contribution in [0.2, 0.25) is 0 Å². The molecule has 3 aromatic rings. The van der Waals surface area contributed by atoms with E-state index in [4.69, 9.17) is 4.74 Å². The zero-order valence-electron chi connectivity index (χ0n) is 8.42. The van der Waals surface area contributed by atoms with Gasteiger partial charge in [0.25, 0.3) is 0 Å². The lowest BCUT2D eigenvalue weighted by Gasteiger charge is -1.98. The van der Waals surface area contributed by atoms with Gasteiger partial charge in [0, 0.05) is 29.4 Å². The van der Waals surface area contributed by atoms with Gasteiger partial charge in [-0.05, 0) is 12.1 Å². The van der Waals surface area contributed by atoms with Crippen LogP contribution in [-0.4, -0.2) is 15.0 Å². The number of aromatic nitrogens is 3. The molecule has 4 heteroatoms. The molecule has 0 saturated heterocycles. The first-order valence-electron chi connectivity index (χ1n) is 4.94. The Morgan fingerprint density at radius 2 is 1.81 bits per heavy atom. The van der Waals surface area contributed by atoms with Crippen LogP contribution in [0.4, 0.5) is 0 Å². The minimum absolute atomic E-state index is 0.342. The van der Waals surface area contributed by atoms with E-state index >= 15 is 0 Å². The van der Waals surface area contributed by atoms with E-state index in [0.717, 1.165) is 10.9 Å². The molecule has 1 aromatic carbocycles. The van der Waals surface area contributed by atoms with Crippen molar-refractivity contribution in [1.82, 2.24) is 15.0 Å². The summed E-state index contributed by atoms with van der Waals surface area (Å²) >= 11 is 0. The lowest BCUT2D eigenvalue weighted by Crippen LogP contribution is -1.89. The summed E-state index contributed by atoms with van der Waals surface area (Å²) in [4.78, 5) is 11.1. The van der Waals surface area contributed by atoms with Crippen LogP contribution in [0.25, 0.3) is 10.9 Å². The molecule has 0 unspecified atom stereocenters. The molecule has 2 heterocycles. The third kappa shape index (κ3) is 1.61. The van der Waals surface area contributed by atoms with E-state index in [0.29, 0.717) is 11.9 Å². The Morgan fingerprint density at radius 1 is 1.00 bits per heavy atom. The standard InChI is InChI=1S/C12H9N3O/c1-2-5-10-9(4-1)8-11(15-10)16-12-13-6-3-7-14-12/h1-8,15H. The largest absolute Gasteiger partial charge is 0.407 e. The van der Waals surface area contributed by atoms with Gasteiger partial charge in [-0.15, -0.1) is 0 Å². The maximum Gasteiger partial charge on any atom is 0.323 e. The van der Waals surface area contributed by atoms with E-state index in [2.05, 4.69) is 15.0 Å². The zero-order valence-corrected chi connectivity index (χ0v) is 8.42. The van der Waals surface area contributed by atoms with E-state index in [1.54, 1.807) is 18.5 Å². The number of rotatable bonds is 2. The Morgan fingerprint density at radius 3 is 2.62 bits per heavy atom. The predicted octanol–water partition coefficient (Wildman–Crippen LogP) is 2.75. The van der Waals surface area contributed by atoms with Gasteiger partial charge in [0.15, 0.2) is 0 Å². The van der Waals surface area contributed by atoms with Crippen LogP contribution in [0.15, 0.2) is 48.8 Å². The van der Waals surface area contributed by atoms with Crippen molar-refractivity contribution in [2.45, 2.75) is 0 Å². The van der Waals surface area contributed by atoms with Crippen molar-refractivity contribution in [3.8, 4) is 11.9 Å². The molecule has 0 aliphatic heterocycles. The van der Waals surface area contributed by atoms with Crippen LogP contribution < -0.4 is 4.74 Å². The monoisotopic (exact) mass is 211 g/mol. The number of H-pyrrole nitrogens is 1. The molecule has 16 heavy (non-hydrogen) atoms. The summed E-state index contributed by atoms with van der Waals surface area (Å²) in [6.07, 6.45) is 3.29. The number of nitrogens with zero attached hydrogens (tertiary/aromatic N) is 2. The molecule has 0 fully saturated rings. The van der Waals surface area contributed by atoms with E-state index in [1.807, 2.05) is 30.3 Å². The number of ether oxygens (including phenoxy) is 1. The maximum absolute atomic E-state index is 5.49. The van der Waals surface area contributed by atoms with Crippen molar-refractivity contribution >= 4 is 10.9 Å². The fraction of sp³-hybridized carbons (Fsp3) is 0. The summed E-state index contributed by atoms with van der Waals surface area (Å²) in [5.74, 6) is 0.646. The van der Waals surface area contributed by atoms with Crippen molar-refractivity contribution in [2.24, 2.45) is 0 Å². The summed E-state index contributed by atoms with van der Waals surface area (Å²) in [7, 11) is 0. The van der Waals surface area contributed by atoms with Crippen LogP contribution >= 0.6 is 0 Å². The van der Waals surface area contributed by atoms with Gasteiger partial charge in [-0.2, -0.15) is 0 Å². The molecule has 0 saturated carbocycles. The van der Waals surface area contributed by atoms with Gasteiger partial charge < -0.3 is 9.72 Å². The van der Waals surface area contributed by atoms with Gasteiger partial charge in [0.1, 0.15) is 0 Å². The average Bonchev–Trinajstić information content (AvgIpc) is 2.72. The Bertz CT molecular complexity index is 571. The molecule has 1 N–H and O–H groups in total. The highest BCUT2D eigenvalue weighted by Crippen LogP contribution is 2.22. The quantitative estimate of drug-likeness (QED) is 0.709. The van der Waals surface area contributed by atoms with Crippen molar-refractivity contribution < 1.29 is 4.74 Å². The number of para-hydroxylation sites is 1. The number of fused-ring (bicyclic) bond motifs is 1. The van der Waals surface area contributed by atoms with E-state index < -0.39 is 0 Å². The fourth-order valence-electron chi connectivity index (χ4n) is 1.54. The van der Waals surface area contributed by atoms with Crippen LogP contribution in [0.3, 0.4) is 0 Å². The van der Waals surface area contributed by atoms with Crippen molar-refractivity contribution in [2.75, 3.05) is 0 Å². The van der Waals surface area contributed by atoms with Gasteiger partial charge >= 0.3 is 6.01 Å². The summed E-state index contributed by atoms with van der Waals surface area (Å²) in [6.45, 7) is 0. The second-order valence-electron chi connectivity index (χ2n) is 3.35. The summed E-state index contributed by atoms with van der Waals surface area (Å²) in [5.41, 5.74) is 1.04. The van der Waals surface area contributed by atoms with Crippen molar-refractivity contribution in [1.29, 1.82) is 0 Å². The average molecular weight is 211 g/mol. The zero-order chi connectivity index (χ0) is 10.8. The molecule has 3 rings (SSSR count). The normalized spacial score (nSPS) is 10.5. The van der Waals surface area contributed by atoms with Gasteiger partial charge in [-0.3, -0.25) is 0 Å². The third-order valence-electron chi connectivity index (χ3n) is 2.25. The number of benzene rings is 1. The summed E-state index contributed by atoms with van der Waals surface area (Å²) < 4.78 is 5.49. The minimum Gasteiger partial charge on any atom is -0.407 e. The first-order valence-corrected chi connectivity index (χ1v) is 4.94. The van der Waals surface area contributed by atoms with E-state index in [9.17, 15) is 0 Å². The molecule has 0 bridgehead atoms. The van der Waals surface area contributed by atoms with Crippen LogP contribution in [0.5, 0.6) is 11.9 Å². The maximum atomic E-state index is 5.49.